The first-order valence-corrected chi connectivity index (χ1v) is 5.61. The summed E-state index contributed by atoms with van der Waals surface area (Å²) in [5, 5.41) is 4.02. The maximum Gasteiger partial charge on any atom is 0.146 e. The van der Waals surface area contributed by atoms with E-state index in [4.69, 9.17) is 11.6 Å². The van der Waals surface area contributed by atoms with Crippen molar-refractivity contribution in [3.63, 3.8) is 0 Å². The van der Waals surface area contributed by atoms with Crippen molar-refractivity contribution in [2.45, 2.75) is 25.3 Å². The molecular weight excluding hydrogens is 210 g/mol. The molecule has 0 aromatic heterocycles. The van der Waals surface area contributed by atoms with Crippen molar-refractivity contribution in [1.29, 1.82) is 0 Å². The molecule has 1 heterocycles. The number of ketones is 1. The third kappa shape index (κ3) is 3.05. The van der Waals surface area contributed by atoms with Crippen LogP contribution in [0.3, 0.4) is 0 Å². The molecule has 1 N–H and O–H groups in total. The number of carbonyl (C=O) groups excluding carboxylic acids is 1. The van der Waals surface area contributed by atoms with E-state index in [-0.39, 0.29) is 0 Å². The summed E-state index contributed by atoms with van der Waals surface area (Å²) in [5.74, 6) is 0.322. The van der Waals surface area contributed by atoms with Gasteiger partial charge in [-0.2, -0.15) is 0 Å². The highest BCUT2D eigenvalue weighted by molar-refractivity contribution is 6.30. The zero-order valence-electron chi connectivity index (χ0n) is 8.50. The van der Waals surface area contributed by atoms with Crippen molar-refractivity contribution < 1.29 is 4.79 Å². The highest BCUT2D eigenvalue weighted by Crippen LogP contribution is 2.14. The van der Waals surface area contributed by atoms with Crippen molar-refractivity contribution in [2.24, 2.45) is 0 Å². The van der Waals surface area contributed by atoms with E-state index in [1.165, 1.54) is 5.56 Å². The van der Waals surface area contributed by atoms with Crippen LogP contribution in [0, 0.1) is 0 Å². The van der Waals surface area contributed by atoms with Crippen LogP contribution in [-0.2, 0) is 11.2 Å². The molecule has 15 heavy (non-hydrogen) atoms. The van der Waals surface area contributed by atoms with Gasteiger partial charge in [-0.15, -0.1) is 0 Å². The first kappa shape index (κ1) is 10.7. The van der Waals surface area contributed by atoms with Gasteiger partial charge in [0.15, 0.2) is 0 Å². The Bertz CT molecular complexity index is 337. The molecule has 0 aliphatic carbocycles. The number of hydrogen-bond donors (Lipinski definition) is 1. The fourth-order valence-corrected chi connectivity index (χ4v) is 1.99. The molecule has 0 radical (unpaired) electrons. The van der Waals surface area contributed by atoms with Gasteiger partial charge in [-0.25, -0.2) is 0 Å². The van der Waals surface area contributed by atoms with Gasteiger partial charge in [0, 0.05) is 17.5 Å². The van der Waals surface area contributed by atoms with E-state index in [2.05, 4.69) is 5.32 Å². The van der Waals surface area contributed by atoms with E-state index in [0.29, 0.717) is 24.8 Å². The van der Waals surface area contributed by atoms with E-state index < -0.39 is 0 Å². The molecule has 1 aromatic rings. The molecule has 0 saturated carbocycles. The molecule has 1 aliphatic heterocycles. The second kappa shape index (κ2) is 4.77. The molecule has 1 aromatic carbocycles. The van der Waals surface area contributed by atoms with Gasteiger partial charge in [-0.05, 0) is 30.5 Å². The van der Waals surface area contributed by atoms with Gasteiger partial charge in [-0.3, -0.25) is 4.79 Å². The van der Waals surface area contributed by atoms with Gasteiger partial charge in [-0.1, -0.05) is 23.7 Å². The van der Waals surface area contributed by atoms with Crippen LogP contribution in [0.15, 0.2) is 24.3 Å². The predicted molar refractivity (Wildman–Crippen MR) is 61.2 cm³/mol. The zero-order valence-corrected chi connectivity index (χ0v) is 9.26. The number of hydrogen-bond acceptors (Lipinski definition) is 2. The predicted octanol–water partition coefficient (Wildman–Crippen LogP) is 2.20. The zero-order chi connectivity index (χ0) is 10.7. The summed E-state index contributed by atoms with van der Waals surface area (Å²) in [7, 11) is 0. The summed E-state index contributed by atoms with van der Waals surface area (Å²) in [6, 6.07) is 8.33. The molecule has 1 fully saturated rings. The molecule has 1 atom stereocenters. The van der Waals surface area contributed by atoms with E-state index in [9.17, 15) is 4.79 Å². The van der Waals surface area contributed by atoms with E-state index in [1.54, 1.807) is 0 Å². The van der Waals surface area contributed by atoms with Gasteiger partial charge in [0.25, 0.3) is 0 Å². The molecule has 0 amide bonds. The first-order valence-electron chi connectivity index (χ1n) is 5.23. The molecular formula is C12H14ClNO. The fraction of sp³-hybridized carbons (Fsp3) is 0.417. The van der Waals surface area contributed by atoms with Gasteiger partial charge < -0.3 is 5.32 Å². The summed E-state index contributed by atoms with van der Waals surface area (Å²) in [5.41, 5.74) is 1.27. The molecule has 80 valence electrons. The minimum absolute atomic E-state index is 0.322. The van der Waals surface area contributed by atoms with E-state index in [1.807, 2.05) is 24.3 Å². The molecule has 0 spiro atoms. The summed E-state index contributed by atoms with van der Waals surface area (Å²) in [4.78, 5) is 11.0. The second-order valence-electron chi connectivity index (χ2n) is 3.99. The maximum atomic E-state index is 11.0. The Morgan fingerprint density at radius 3 is 2.67 bits per heavy atom. The molecule has 2 rings (SSSR count). The van der Waals surface area contributed by atoms with Crippen LogP contribution in [0.1, 0.15) is 18.4 Å². The fourth-order valence-electron chi connectivity index (χ4n) is 1.86. The Hall–Kier alpha value is -0.860. The lowest BCUT2D eigenvalue weighted by Crippen LogP contribution is -2.40. The summed E-state index contributed by atoms with van der Waals surface area (Å²) >= 11 is 5.81. The molecule has 0 bridgehead atoms. The van der Waals surface area contributed by atoms with Gasteiger partial charge in [0.2, 0.25) is 0 Å². The van der Waals surface area contributed by atoms with Gasteiger partial charge in [0.05, 0.1) is 6.54 Å². The van der Waals surface area contributed by atoms with Crippen LogP contribution in [0.4, 0.5) is 0 Å². The standard InChI is InChI=1S/C12H14ClNO/c13-10-3-1-9(2-4-10)7-11-5-6-12(15)8-14-11/h1-4,11,14H,5-8H2/t11-/m1/s1. The largest absolute Gasteiger partial charge is 0.307 e. The smallest absolute Gasteiger partial charge is 0.146 e. The minimum Gasteiger partial charge on any atom is -0.307 e. The monoisotopic (exact) mass is 223 g/mol. The van der Waals surface area contributed by atoms with Crippen LogP contribution in [0.5, 0.6) is 0 Å². The average Bonchev–Trinajstić information content (AvgIpc) is 2.25. The van der Waals surface area contributed by atoms with Crippen LogP contribution in [0.2, 0.25) is 5.02 Å². The van der Waals surface area contributed by atoms with E-state index in [0.717, 1.165) is 17.9 Å². The molecule has 3 heteroatoms. The minimum atomic E-state index is 0.322. The summed E-state index contributed by atoms with van der Waals surface area (Å²) in [6.45, 7) is 0.526. The number of nitrogens with one attached hydrogen (secondary N) is 1. The third-order valence-corrected chi connectivity index (χ3v) is 3.01. The summed E-state index contributed by atoms with van der Waals surface area (Å²) < 4.78 is 0. The number of carbonyl (C=O) groups is 1. The lowest BCUT2D eigenvalue weighted by Gasteiger charge is -2.22. The van der Waals surface area contributed by atoms with Crippen molar-refractivity contribution in [2.75, 3.05) is 6.54 Å². The number of halogens is 1. The van der Waals surface area contributed by atoms with E-state index >= 15 is 0 Å². The molecule has 0 unspecified atom stereocenters. The van der Waals surface area contributed by atoms with Crippen molar-refractivity contribution >= 4 is 17.4 Å². The quantitative estimate of drug-likeness (QED) is 0.833. The molecule has 2 nitrogen and oxygen atoms in total. The van der Waals surface area contributed by atoms with Gasteiger partial charge >= 0.3 is 0 Å². The average molecular weight is 224 g/mol. The highest BCUT2D eigenvalue weighted by atomic mass is 35.5. The Morgan fingerprint density at radius 2 is 2.07 bits per heavy atom. The number of benzene rings is 1. The second-order valence-corrected chi connectivity index (χ2v) is 4.42. The lowest BCUT2D eigenvalue weighted by molar-refractivity contribution is -0.119. The number of Topliss-reactive ketones (excluding diaryl/α,β-unsaturated/α-hetero) is 1. The van der Waals surface area contributed by atoms with Crippen molar-refractivity contribution in [3.8, 4) is 0 Å². The summed E-state index contributed by atoms with van der Waals surface area (Å²) in [6.07, 6.45) is 2.64. The third-order valence-electron chi connectivity index (χ3n) is 2.75. The Kier molecular flexibility index (Phi) is 3.39. The Morgan fingerprint density at radius 1 is 1.33 bits per heavy atom. The highest BCUT2D eigenvalue weighted by Gasteiger charge is 2.17. The Labute approximate surface area is 94.6 Å². The van der Waals surface area contributed by atoms with Crippen LogP contribution in [-0.4, -0.2) is 18.4 Å². The molecule has 1 aliphatic rings. The Balaban J connectivity index is 1.91. The molecule has 1 saturated heterocycles. The van der Waals surface area contributed by atoms with Crippen LogP contribution >= 0.6 is 11.6 Å². The van der Waals surface area contributed by atoms with Crippen molar-refractivity contribution in [3.05, 3.63) is 34.9 Å². The van der Waals surface area contributed by atoms with Crippen LogP contribution in [0.25, 0.3) is 0 Å². The normalized spacial score (nSPS) is 21.7. The van der Waals surface area contributed by atoms with Crippen molar-refractivity contribution in [1.82, 2.24) is 5.32 Å². The van der Waals surface area contributed by atoms with Crippen LogP contribution < -0.4 is 5.32 Å². The van der Waals surface area contributed by atoms with Gasteiger partial charge in [0.1, 0.15) is 5.78 Å². The topological polar surface area (TPSA) is 29.1 Å². The SMILES string of the molecule is O=C1CC[C@H](Cc2ccc(Cl)cc2)NC1. The number of rotatable bonds is 2. The maximum absolute atomic E-state index is 11.0. The lowest BCUT2D eigenvalue weighted by atomic mass is 9.97. The first-order chi connectivity index (χ1) is 7.24. The number of piperidine rings is 1.